The van der Waals surface area contributed by atoms with Crippen molar-refractivity contribution in [1.29, 1.82) is 0 Å². The summed E-state index contributed by atoms with van der Waals surface area (Å²) in [5.74, 6) is -0.370. The lowest BCUT2D eigenvalue weighted by molar-refractivity contribution is 0.0479. The van der Waals surface area contributed by atoms with E-state index in [9.17, 15) is 9.59 Å². The van der Waals surface area contributed by atoms with E-state index in [4.69, 9.17) is 14.2 Å². The van der Waals surface area contributed by atoms with Gasteiger partial charge in [-0.3, -0.25) is 0 Å². The van der Waals surface area contributed by atoms with Crippen LogP contribution in [-0.4, -0.2) is 46.4 Å². The van der Waals surface area contributed by atoms with Crippen LogP contribution >= 0.6 is 0 Å². The van der Waals surface area contributed by atoms with Gasteiger partial charge in [-0.25, -0.2) is 9.59 Å². The quantitative estimate of drug-likeness (QED) is 0.690. The molecule has 0 bridgehead atoms. The van der Waals surface area contributed by atoms with Crippen molar-refractivity contribution in [2.24, 2.45) is 0 Å². The highest BCUT2D eigenvalue weighted by Crippen LogP contribution is 2.32. The average molecular weight is 371 g/mol. The summed E-state index contributed by atoms with van der Waals surface area (Å²) in [4.78, 5) is 26.9. The minimum absolute atomic E-state index is 0.187. The zero-order valence-electron chi connectivity index (χ0n) is 16.4. The molecule has 6 nitrogen and oxygen atoms in total. The molecule has 0 aliphatic carbocycles. The molecule has 0 aliphatic heterocycles. The maximum absolute atomic E-state index is 12.6. The Morgan fingerprint density at radius 3 is 2.00 bits per heavy atom. The van der Waals surface area contributed by atoms with Gasteiger partial charge >= 0.3 is 11.9 Å². The van der Waals surface area contributed by atoms with Gasteiger partial charge in [-0.2, -0.15) is 0 Å². The molecule has 0 unspecified atom stereocenters. The minimum Gasteiger partial charge on any atom is -0.497 e. The van der Waals surface area contributed by atoms with Crippen molar-refractivity contribution in [2.45, 2.75) is 13.8 Å². The Hall–Kier alpha value is -3.02. The molecule has 2 aromatic carbocycles. The SMILES string of the molecule is CCOC(=O)c1cc(-c2ccc(OC)cc2)cc(N(C)C)c1C(=O)OCC. The third-order valence-electron chi connectivity index (χ3n) is 4.00. The van der Waals surface area contributed by atoms with Crippen molar-refractivity contribution in [3.63, 3.8) is 0 Å². The molecule has 144 valence electrons. The van der Waals surface area contributed by atoms with Crippen LogP contribution in [0.15, 0.2) is 36.4 Å². The predicted molar refractivity (Wildman–Crippen MR) is 105 cm³/mol. The number of methoxy groups -OCH3 is 1. The van der Waals surface area contributed by atoms with Crippen LogP contribution in [0.3, 0.4) is 0 Å². The van der Waals surface area contributed by atoms with Gasteiger partial charge in [-0.05, 0) is 49.2 Å². The van der Waals surface area contributed by atoms with E-state index < -0.39 is 11.9 Å². The van der Waals surface area contributed by atoms with Crippen molar-refractivity contribution >= 4 is 17.6 Å². The Kier molecular flexibility index (Phi) is 6.82. The van der Waals surface area contributed by atoms with Gasteiger partial charge in [0.15, 0.2) is 0 Å². The van der Waals surface area contributed by atoms with Crippen molar-refractivity contribution in [2.75, 3.05) is 39.3 Å². The molecule has 0 heterocycles. The first-order valence-corrected chi connectivity index (χ1v) is 8.76. The van der Waals surface area contributed by atoms with E-state index in [1.54, 1.807) is 31.9 Å². The molecule has 6 heteroatoms. The molecule has 0 saturated carbocycles. The molecule has 0 radical (unpaired) electrons. The van der Waals surface area contributed by atoms with E-state index in [1.165, 1.54) is 0 Å². The van der Waals surface area contributed by atoms with Gasteiger partial charge in [-0.15, -0.1) is 0 Å². The highest BCUT2D eigenvalue weighted by atomic mass is 16.5. The summed E-state index contributed by atoms with van der Waals surface area (Å²) >= 11 is 0. The number of esters is 2. The lowest BCUT2D eigenvalue weighted by Gasteiger charge is -2.21. The number of rotatable bonds is 7. The molecular formula is C21H25NO5. The van der Waals surface area contributed by atoms with Crippen LogP contribution in [0.5, 0.6) is 5.75 Å². The maximum Gasteiger partial charge on any atom is 0.341 e. The Morgan fingerprint density at radius 1 is 0.889 bits per heavy atom. The molecule has 0 amide bonds. The number of carbonyl (C=O) groups is 2. The van der Waals surface area contributed by atoms with Gasteiger partial charge in [0, 0.05) is 14.1 Å². The fraction of sp³-hybridized carbons (Fsp3) is 0.333. The lowest BCUT2D eigenvalue weighted by atomic mass is 9.96. The van der Waals surface area contributed by atoms with Gasteiger partial charge < -0.3 is 19.1 Å². The van der Waals surface area contributed by atoms with Crippen molar-refractivity contribution in [3.05, 3.63) is 47.5 Å². The minimum atomic E-state index is -0.556. The zero-order valence-corrected chi connectivity index (χ0v) is 16.4. The summed E-state index contributed by atoms with van der Waals surface area (Å²) in [5, 5.41) is 0. The van der Waals surface area contributed by atoms with E-state index in [0.717, 1.165) is 16.9 Å². The number of anilines is 1. The summed E-state index contributed by atoms with van der Waals surface area (Å²) in [7, 11) is 5.22. The van der Waals surface area contributed by atoms with Crippen LogP contribution < -0.4 is 9.64 Å². The largest absolute Gasteiger partial charge is 0.497 e. The Bertz CT molecular complexity index is 812. The van der Waals surface area contributed by atoms with E-state index in [-0.39, 0.29) is 24.3 Å². The normalized spacial score (nSPS) is 10.3. The average Bonchev–Trinajstić information content (AvgIpc) is 2.67. The highest BCUT2D eigenvalue weighted by Gasteiger charge is 2.25. The van der Waals surface area contributed by atoms with Crippen LogP contribution in [0.25, 0.3) is 11.1 Å². The van der Waals surface area contributed by atoms with Crippen molar-refractivity contribution < 1.29 is 23.8 Å². The van der Waals surface area contributed by atoms with Crippen molar-refractivity contribution in [3.8, 4) is 16.9 Å². The van der Waals surface area contributed by atoms with Crippen molar-refractivity contribution in [1.82, 2.24) is 0 Å². The smallest absolute Gasteiger partial charge is 0.341 e. The number of benzene rings is 2. The fourth-order valence-electron chi connectivity index (χ4n) is 2.72. The van der Waals surface area contributed by atoms with E-state index in [1.807, 2.05) is 44.4 Å². The third-order valence-corrected chi connectivity index (χ3v) is 4.00. The molecule has 0 saturated heterocycles. The summed E-state index contributed by atoms with van der Waals surface area (Å²) in [6.45, 7) is 3.88. The van der Waals surface area contributed by atoms with Gasteiger partial charge in [0.05, 0.1) is 37.1 Å². The molecule has 27 heavy (non-hydrogen) atoms. The van der Waals surface area contributed by atoms with E-state index in [0.29, 0.717) is 5.69 Å². The molecule has 0 N–H and O–H groups in total. The number of carbonyl (C=O) groups excluding carboxylic acids is 2. The monoisotopic (exact) mass is 371 g/mol. The standard InChI is InChI=1S/C21H25NO5/c1-6-26-20(23)17-12-15(14-8-10-16(25-5)11-9-14)13-18(22(3)4)19(17)21(24)27-7-2/h8-13H,6-7H2,1-5H3. The lowest BCUT2D eigenvalue weighted by Crippen LogP contribution is -2.20. The number of ether oxygens (including phenoxy) is 3. The Balaban J connectivity index is 2.69. The second-order valence-corrected chi connectivity index (χ2v) is 5.98. The maximum atomic E-state index is 12.6. The fourth-order valence-corrected chi connectivity index (χ4v) is 2.72. The van der Waals surface area contributed by atoms with Crippen LogP contribution in [-0.2, 0) is 9.47 Å². The van der Waals surface area contributed by atoms with Gasteiger partial charge in [0.25, 0.3) is 0 Å². The number of hydrogen-bond acceptors (Lipinski definition) is 6. The first-order chi connectivity index (χ1) is 12.9. The molecule has 0 aromatic heterocycles. The van der Waals surface area contributed by atoms with Crippen LogP contribution in [0.1, 0.15) is 34.6 Å². The van der Waals surface area contributed by atoms with Crippen LogP contribution in [0.2, 0.25) is 0 Å². The first kappa shape index (κ1) is 20.3. The summed E-state index contributed by atoms with van der Waals surface area (Å²) in [6, 6.07) is 11.0. The molecule has 0 aliphatic rings. The topological polar surface area (TPSA) is 65.1 Å². The summed E-state index contributed by atoms with van der Waals surface area (Å²) in [6.07, 6.45) is 0. The van der Waals surface area contributed by atoms with Crippen LogP contribution in [0.4, 0.5) is 5.69 Å². The second-order valence-electron chi connectivity index (χ2n) is 5.98. The summed E-state index contributed by atoms with van der Waals surface area (Å²) < 4.78 is 15.5. The first-order valence-electron chi connectivity index (χ1n) is 8.76. The molecule has 2 rings (SSSR count). The van der Waals surface area contributed by atoms with E-state index in [2.05, 4.69) is 0 Å². The molecule has 0 atom stereocenters. The number of nitrogens with zero attached hydrogens (tertiary/aromatic N) is 1. The summed E-state index contributed by atoms with van der Waals surface area (Å²) in [5.41, 5.74) is 2.66. The predicted octanol–water partition coefficient (Wildman–Crippen LogP) is 3.78. The third kappa shape index (κ3) is 4.58. The van der Waals surface area contributed by atoms with E-state index >= 15 is 0 Å². The highest BCUT2D eigenvalue weighted by molar-refractivity contribution is 6.08. The Morgan fingerprint density at radius 2 is 1.48 bits per heavy atom. The Labute approximate surface area is 159 Å². The molecule has 0 spiro atoms. The zero-order chi connectivity index (χ0) is 20.0. The number of hydrogen-bond donors (Lipinski definition) is 0. The molecular weight excluding hydrogens is 346 g/mol. The molecule has 0 fully saturated rings. The van der Waals surface area contributed by atoms with Gasteiger partial charge in [0.1, 0.15) is 5.75 Å². The van der Waals surface area contributed by atoms with Gasteiger partial charge in [0.2, 0.25) is 0 Å². The molecule has 2 aromatic rings. The van der Waals surface area contributed by atoms with Gasteiger partial charge in [-0.1, -0.05) is 12.1 Å². The second kappa shape index (κ2) is 9.07. The van der Waals surface area contributed by atoms with Crippen LogP contribution in [0, 0.1) is 0 Å².